The number of aliphatic hydroxyl groups excluding tert-OH is 1. The van der Waals surface area contributed by atoms with Gasteiger partial charge < -0.3 is 19.9 Å². The first kappa shape index (κ1) is 21.1. The van der Waals surface area contributed by atoms with Gasteiger partial charge in [0.25, 0.3) is 0 Å². The Morgan fingerprint density at radius 3 is 2.66 bits per heavy atom. The highest BCUT2D eigenvalue weighted by atomic mass is 19.1. The van der Waals surface area contributed by atoms with Crippen LogP contribution < -0.4 is 14.8 Å². The molecule has 1 aliphatic rings. The Labute approximate surface area is 199 Å². The molecule has 0 fully saturated rings. The molecule has 6 rings (SSSR count). The number of hydrogen-bond donors (Lipinski definition) is 2. The summed E-state index contributed by atoms with van der Waals surface area (Å²) in [4.78, 5) is 13.9. The van der Waals surface area contributed by atoms with Gasteiger partial charge in [-0.1, -0.05) is 6.07 Å². The van der Waals surface area contributed by atoms with Crippen LogP contribution in [0.4, 0.5) is 10.3 Å². The Kier molecular flexibility index (Phi) is 5.23. The van der Waals surface area contributed by atoms with Gasteiger partial charge in [0.1, 0.15) is 11.5 Å². The molecule has 0 saturated carbocycles. The van der Waals surface area contributed by atoms with Crippen molar-refractivity contribution >= 4 is 11.6 Å². The van der Waals surface area contributed by atoms with Crippen LogP contribution in [0.15, 0.2) is 73.1 Å². The highest BCUT2D eigenvalue weighted by Crippen LogP contribution is 2.34. The van der Waals surface area contributed by atoms with Crippen LogP contribution in [0.3, 0.4) is 0 Å². The fraction of sp³-hybridized carbons (Fsp3) is 0.115. The van der Waals surface area contributed by atoms with Gasteiger partial charge in [0.2, 0.25) is 12.7 Å². The molecule has 2 N–H and O–H groups in total. The van der Waals surface area contributed by atoms with Crippen molar-refractivity contribution in [2.75, 3.05) is 12.1 Å². The maximum absolute atomic E-state index is 13.6. The number of pyridine rings is 1. The molecule has 0 bridgehead atoms. The summed E-state index contributed by atoms with van der Waals surface area (Å²) in [5.74, 6) is 1.58. The molecule has 0 aliphatic carbocycles. The van der Waals surface area contributed by atoms with Gasteiger partial charge in [-0.05, 0) is 65.7 Å². The zero-order valence-electron chi connectivity index (χ0n) is 18.5. The Morgan fingerprint density at radius 2 is 1.80 bits per heavy atom. The summed E-state index contributed by atoms with van der Waals surface area (Å²) in [5.41, 5.74) is 5.19. The number of imidazole rings is 1. The molecule has 5 aromatic rings. The molecular formula is C26H20FN5O3. The summed E-state index contributed by atoms with van der Waals surface area (Å²) in [7, 11) is 0. The minimum atomic E-state index is -0.321. The number of aliphatic hydroxyl groups is 1. The van der Waals surface area contributed by atoms with Crippen molar-refractivity contribution in [1.82, 2.24) is 19.4 Å². The van der Waals surface area contributed by atoms with Crippen molar-refractivity contribution in [3.8, 4) is 34.1 Å². The van der Waals surface area contributed by atoms with Crippen molar-refractivity contribution in [3.05, 3.63) is 90.0 Å². The van der Waals surface area contributed by atoms with E-state index >= 15 is 0 Å². The molecule has 0 atom stereocenters. The quantitative estimate of drug-likeness (QED) is 0.380. The molecule has 1 aliphatic heterocycles. The predicted molar refractivity (Wildman–Crippen MR) is 127 cm³/mol. The number of anilines is 1. The number of nitrogens with one attached hydrogen (secondary N) is 1. The molecule has 0 spiro atoms. The molecular weight excluding hydrogens is 449 g/mol. The largest absolute Gasteiger partial charge is 0.454 e. The number of benzene rings is 2. The van der Waals surface area contributed by atoms with Gasteiger partial charge in [-0.25, -0.2) is 19.3 Å². The standard InChI is InChI=1S/C26H20FN5O3/c27-19-4-2-18(3-5-19)24-25(32-10-8-17(14-33)12-23(32)31-24)20-7-9-28-26(30-20)29-13-16-1-6-21-22(11-16)35-15-34-21/h1-12,33H,13-15H2,(H,28,29,30). The molecule has 0 unspecified atom stereocenters. The number of ether oxygens (including phenoxy) is 2. The molecule has 0 radical (unpaired) electrons. The van der Waals surface area contributed by atoms with E-state index in [2.05, 4.69) is 10.3 Å². The third kappa shape index (κ3) is 4.02. The summed E-state index contributed by atoms with van der Waals surface area (Å²) in [5, 5.41) is 12.8. The van der Waals surface area contributed by atoms with Crippen molar-refractivity contribution in [3.63, 3.8) is 0 Å². The normalized spacial score (nSPS) is 12.3. The second-order valence-electron chi connectivity index (χ2n) is 8.04. The Hall–Kier alpha value is -4.50. The van der Waals surface area contributed by atoms with E-state index in [9.17, 15) is 9.50 Å². The van der Waals surface area contributed by atoms with E-state index in [0.717, 1.165) is 33.9 Å². The number of aromatic nitrogens is 4. The van der Waals surface area contributed by atoms with Gasteiger partial charge in [-0.15, -0.1) is 0 Å². The molecule has 2 aromatic carbocycles. The summed E-state index contributed by atoms with van der Waals surface area (Å²) < 4.78 is 26.3. The second-order valence-corrected chi connectivity index (χ2v) is 8.04. The first-order valence-electron chi connectivity index (χ1n) is 11.0. The average molecular weight is 469 g/mol. The minimum absolute atomic E-state index is 0.0913. The SMILES string of the molecule is OCc1ccn2c(-c3ccnc(NCc4ccc5c(c4)OCO5)n3)c(-c3ccc(F)cc3)nc2c1. The molecule has 0 saturated heterocycles. The van der Waals surface area contributed by atoms with Crippen LogP contribution in [0.1, 0.15) is 11.1 Å². The van der Waals surface area contributed by atoms with E-state index in [-0.39, 0.29) is 19.2 Å². The van der Waals surface area contributed by atoms with Gasteiger partial charge in [0.05, 0.1) is 23.7 Å². The van der Waals surface area contributed by atoms with E-state index in [4.69, 9.17) is 19.4 Å². The number of halogens is 1. The van der Waals surface area contributed by atoms with Crippen LogP contribution in [-0.2, 0) is 13.2 Å². The smallest absolute Gasteiger partial charge is 0.231 e. The van der Waals surface area contributed by atoms with Crippen LogP contribution in [0.5, 0.6) is 11.5 Å². The summed E-state index contributed by atoms with van der Waals surface area (Å²) in [6, 6.07) is 17.4. The monoisotopic (exact) mass is 469 g/mol. The molecule has 4 heterocycles. The van der Waals surface area contributed by atoms with Gasteiger partial charge in [0, 0.05) is 24.5 Å². The van der Waals surface area contributed by atoms with Crippen LogP contribution in [-0.4, -0.2) is 31.3 Å². The van der Waals surface area contributed by atoms with Gasteiger partial charge in [-0.2, -0.15) is 0 Å². The molecule has 8 nitrogen and oxygen atoms in total. The Morgan fingerprint density at radius 1 is 0.943 bits per heavy atom. The molecule has 35 heavy (non-hydrogen) atoms. The maximum Gasteiger partial charge on any atom is 0.231 e. The van der Waals surface area contributed by atoms with E-state index in [0.29, 0.717) is 29.5 Å². The summed E-state index contributed by atoms with van der Waals surface area (Å²) in [6.07, 6.45) is 3.53. The third-order valence-electron chi connectivity index (χ3n) is 5.78. The second kappa shape index (κ2) is 8.69. The van der Waals surface area contributed by atoms with Crippen molar-refractivity contribution in [2.45, 2.75) is 13.2 Å². The molecule has 174 valence electrons. The zero-order valence-corrected chi connectivity index (χ0v) is 18.5. The Balaban J connectivity index is 1.37. The predicted octanol–water partition coefficient (Wildman–Crippen LogP) is 4.43. The lowest BCUT2D eigenvalue weighted by molar-refractivity contribution is 0.174. The van der Waals surface area contributed by atoms with E-state index in [1.54, 1.807) is 18.3 Å². The van der Waals surface area contributed by atoms with Gasteiger partial charge in [-0.3, -0.25) is 4.40 Å². The molecule has 9 heteroatoms. The van der Waals surface area contributed by atoms with Gasteiger partial charge in [0.15, 0.2) is 11.5 Å². The van der Waals surface area contributed by atoms with Gasteiger partial charge >= 0.3 is 0 Å². The lowest BCUT2D eigenvalue weighted by Crippen LogP contribution is -2.04. The lowest BCUT2D eigenvalue weighted by atomic mass is 10.1. The highest BCUT2D eigenvalue weighted by Gasteiger charge is 2.18. The number of hydrogen-bond acceptors (Lipinski definition) is 7. The lowest BCUT2D eigenvalue weighted by Gasteiger charge is -2.09. The summed E-state index contributed by atoms with van der Waals surface area (Å²) in [6.45, 7) is 0.636. The maximum atomic E-state index is 13.6. The average Bonchev–Trinajstić information content (AvgIpc) is 3.52. The van der Waals surface area contributed by atoms with Crippen molar-refractivity contribution in [2.24, 2.45) is 0 Å². The number of nitrogens with zero attached hydrogens (tertiary/aromatic N) is 4. The first-order chi connectivity index (χ1) is 17.2. The van der Waals surface area contributed by atoms with Crippen LogP contribution in [0.2, 0.25) is 0 Å². The van der Waals surface area contributed by atoms with Crippen molar-refractivity contribution < 1.29 is 19.0 Å². The van der Waals surface area contributed by atoms with Crippen LogP contribution in [0.25, 0.3) is 28.3 Å². The fourth-order valence-electron chi connectivity index (χ4n) is 4.05. The van der Waals surface area contributed by atoms with E-state index in [1.807, 2.05) is 47.0 Å². The van der Waals surface area contributed by atoms with Crippen molar-refractivity contribution in [1.29, 1.82) is 0 Å². The number of rotatable bonds is 6. The van der Waals surface area contributed by atoms with Crippen LogP contribution >= 0.6 is 0 Å². The Bertz CT molecular complexity index is 1530. The van der Waals surface area contributed by atoms with E-state index in [1.165, 1.54) is 12.1 Å². The molecule has 0 amide bonds. The third-order valence-corrected chi connectivity index (χ3v) is 5.78. The fourth-order valence-corrected chi connectivity index (χ4v) is 4.05. The van der Waals surface area contributed by atoms with Crippen LogP contribution in [0, 0.1) is 5.82 Å². The molecule has 3 aromatic heterocycles. The highest BCUT2D eigenvalue weighted by molar-refractivity contribution is 5.80. The minimum Gasteiger partial charge on any atom is -0.454 e. The van der Waals surface area contributed by atoms with E-state index < -0.39 is 0 Å². The zero-order chi connectivity index (χ0) is 23.8. The first-order valence-corrected chi connectivity index (χ1v) is 11.0. The number of fused-ring (bicyclic) bond motifs is 2. The summed E-state index contributed by atoms with van der Waals surface area (Å²) >= 11 is 0. The topological polar surface area (TPSA) is 93.8 Å².